The molecule has 0 heterocycles. The number of carbonyl (C=O) groups excluding carboxylic acids is 2. The van der Waals surface area contributed by atoms with Crippen LogP contribution in [0.1, 0.15) is 13.8 Å². The molecule has 0 saturated heterocycles. The van der Waals surface area contributed by atoms with Crippen molar-refractivity contribution >= 4 is 52.4 Å². The number of benzene rings is 1. The van der Waals surface area contributed by atoms with Crippen LogP contribution in [0.25, 0.3) is 0 Å². The van der Waals surface area contributed by atoms with E-state index in [1.807, 2.05) is 0 Å². The van der Waals surface area contributed by atoms with Crippen LogP contribution in [-0.4, -0.2) is 29.4 Å². The van der Waals surface area contributed by atoms with E-state index in [9.17, 15) is 9.59 Å². The Morgan fingerprint density at radius 2 is 2.00 bits per heavy atom. The van der Waals surface area contributed by atoms with Crippen LogP contribution in [0.5, 0.6) is 5.75 Å². The molecule has 0 bridgehead atoms. The number of rotatable bonds is 6. The molecule has 0 radical (unpaired) electrons. The molecule has 0 aliphatic rings. The first-order chi connectivity index (χ1) is 9.85. The molecule has 1 N–H and O–H groups in total. The normalized spacial score (nSPS) is 11.9. The lowest BCUT2D eigenvalue weighted by atomic mass is 10.3. The molecule has 1 atom stereocenters. The standard InChI is InChI=1S/C13H14Cl3NO4/c1-3-20-13(19)7(2)21-10-5-4-8(6-9(10)14)17-12(18)11(15)16/h4-7,11H,3H2,1-2H3,(H,17,18)/t7-/m1/s1. The van der Waals surface area contributed by atoms with E-state index in [0.29, 0.717) is 11.4 Å². The fraction of sp³-hybridized carbons (Fsp3) is 0.385. The molecule has 0 saturated carbocycles. The zero-order valence-corrected chi connectivity index (χ0v) is 13.6. The summed E-state index contributed by atoms with van der Waals surface area (Å²) < 4.78 is 10.2. The third-order valence-electron chi connectivity index (χ3n) is 2.32. The summed E-state index contributed by atoms with van der Waals surface area (Å²) in [6, 6.07) is 4.53. The lowest BCUT2D eigenvalue weighted by molar-refractivity contribution is -0.150. The molecule has 0 aromatic heterocycles. The Hall–Kier alpha value is -1.17. The van der Waals surface area contributed by atoms with E-state index in [1.54, 1.807) is 19.9 Å². The Labute approximate surface area is 137 Å². The highest BCUT2D eigenvalue weighted by atomic mass is 35.5. The molecule has 116 valence electrons. The summed E-state index contributed by atoms with van der Waals surface area (Å²) in [4.78, 5) is 21.6. The number of ether oxygens (including phenoxy) is 2. The van der Waals surface area contributed by atoms with Crippen molar-refractivity contribution in [1.29, 1.82) is 0 Å². The minimum atomic E-state index is -1.18. The van der Waals surface area contributed by atoms with Crippen LogP contribution in [0.4, 0.5) is 5.69 Å². The average Bonchev–Trinajstić information content (AvgIpc) is 2.41. The van der Waals surface area contributed by atoms with Crippen LogP contribution < -0.4 is 10.1 Å². The number of esters is 1. The molecule has 0 aliphatic heterocycles. The van der Waals surface area contributed by atoms with E-state index in [-0.39, 0.29) is 11.6 Å². The van der Waals surface area contributed by atoms with Crippen molar-refractivity contribution in [3.8, 4) is 5.75 Å². The summed E-state index contributed by atoms with van der Waals surface area (Å²) in [5, 5.41) is 2.70. The van der Waals surface area contributed by atoms with Gasteiger partial charge in [0.25, 0.3) is 5.91 Å². The van der Waals surface area contributed by atoms with E-state index in [1.165, 1.54) is 12.1 Å². The topological polar surface area (TPSA) is 64.6 Å². The van der Waals surface area contributed by atoms with Crippen LogP contribution in [0.3, 0.4) is 0 Å². The zero-order chi connectivity index (χ0) is 16.0. The molecule has 21 heavy (non-hydrogen) atoms. The fourth-order valence-corrected chi connectivity index (χ4v) is 1.70. The van der Waals surface area contributed by atoms with Gasteiger partial charge in [-0.15, -0.1) is 0 Å². The van der Waals surface area contributed by atoms with Crippen LogP contribution in [0.15, 0.2) is 18.2 Å². The highest BCUT2D eigenvalue weighted by Gasteiger charge is 2.18. The van der Waals surface area contributed by atoms with Gasteiger partial charge in [0, 0.05) is 5.69 Å². The molecule has 0 fully saturated rings. The smallest absolute Gasteiger partial charge is 0.347 e. The molecule has 0 aliphatic carbocycles. The summed E-state index contributed by atoms with van der Waals surface area (Å²) in [5.41, 5.74) is 0.410. The summed E-state index contributed by atoms with van der Waals surface area (Å²) >= 11 is 16.9. The second kappa shape index (κ2) is 8.32. The predicted molar refractivity (Wildman–Crippen MR) is 82.3 cm³/mol. The Balaban J connectivity index is 2.74. The maximum Gasteiger partial charge on any atom is 0.347 e. The molecule has 1 amide bonds. The lowest BCUT2D eigenvalue weighted by Crippen LogP contribution is -2.26. The van der Waals surface area contributed by atoms with Gasteiger partial charge in [-0.1, -0.05) is 34.8 Å². The third kappa shape index (κ3) is 5.61. The van der Waals surface area contributed by atoms with Gasteiger partial charge in [-0.25, -0.2) is 4.79 Å². The van der Waals surface area contributed by atoms with Crippen molar-refractivity contribution in [3.05, 3.63) is 23.2 Å². The Kier molecular flexibility index (Phi) is 7.08. The van der Waals surface area contributed by atoms with Gasteiger partial charge in [0.2, 0.25) is 0 Å². The van der Waals surface area contributed by atoms with Crippen molar-refractivity contribution in [2.24, 2.45) is 0 Å². The highest BCUT2D eigenvalue weighted by Crippen LogP contribution is 2.29. The number of anilines is 1. The quantitative estimate of drug-likeness (QED) is 0.628. The largest absolute Gasteiger partial charge is 0.477 e. The van der Waals surface area contributed by atoms with Crippen molar-refractivity contribution in [2.45, 2.75) is 24.8 Å². The number of hydrogen-bond donors (Lipinski definition) is 1. The van der Waals surface area contributed by atoms with Gasteiger partial charge in [-0.3, -0.25) is 4.79 Å². The average molecular weight is 355 g/mol. The minimum absolute atomic E-state index is 0.227. The Bertz CT molecular complexity index is 522. The molecule has 8 heteroatoms. The van der Waals surface area contributed by atoms with Gasteiger partial charge in [-0.2, -0.15) is 0 Å². The third-order valence-corrected chi connectivity index (χ3v) is 3.01. The van der Waals surface area contributed by atoms with Crippen molar-refractivity contribution in [3.63, 3.8) is 0 Å². The zero-order valence-electron chi connectivity index (χ0n) is 11.4. The van der Waals surface area contributed by atoms with Crippen LogP contribution in [0, 0.1) is 0 Å². The number of carbonyl (C=O) groups is 2. The van der Waals surface area contributed by atoms with E-state index < -0.39 is 22.8 Å². The minimum Gasteiger partial charge on any atom is -0.477 e. The van der Waals surface area contributed by atoms with Crippen LogP contribution in [-0.2, 0) is 14.3 Å². The molecule has 1 aromatic carbocycles. The van der Waals surface area contributed by atoms with E-state index in [4.69, 9.17) is 44.3 Å². The van der Waals surface area contributed by atoms with E-state index in [0.717, 1.165) is 0 Å². The number of halogens is 3. The summed E-state index contributed by atoms with van der Waals surface area (Å²) in [7, 11) is 0. The summed E-state index contributed by atoms with van der Waals surface area (Å²) in [6.07, 6.45) is -0.794. The number of hydrogen-bond acceptors (Lipinski definition) is 4. The second-order valence-corrected chi connectivity index (χ2v) is 5.45. The van der Waals surface area contributed by atoms with Crippen molar-refractivity contribution < 1.29 is 19.1 Å². The van der Waals surface area contributed by atoms with Crippen molar-refractivity contribution in [1.82, 2.24) is 0 Å². The highest BCUT2D eigenvalue weighted by molar-refractivity contribution is 6.54. The summed E-state index contributed by atoms with van der Waals surface area (Å²) in [5.74, 6) is -0.760. The van der Waals surface area contributed by atoms with Gasteiger partial charge in [0.05, 0.1) is 11.6 Å². The van der Waals surface area contributed by atoms with Gasteiger partial charge in [0.1, 0.15) is 5.75 Å². The Morgan fingerprint density at radius 1 is 1.33 bits per heavy atom. The Morgan fingerprint density at radius 3 is 2.52 bits per heavy atom. The molecule has 0 spiro atoms. The number of alkyl halides is 2. The molecule has 0 unspecified atom stereocenters. The lowest BCUT2D eigenvalue weighted by Gasteiger charge is -2.15. The SMILES string of the molecule is CCOC(=O)[C@@H](C)Oc1ccc(NC(=O)C(Cl)Cl)cc1Cl. The molecular weight excluding hydrogens is 341 g/mol. The molecule has 1 aromatic rings. The van der Waals surface area contributed by atoms with E-state index in [2.05, 4.69) is 5.32 Å². The first kappa shape index (κ1) is 17.9. The van der Waals surface area contributed by atoms with Gasteiger partial charge in [0.15, 0.2) is 10.9 Å². The summed E-state index contributed by atoms with van der Waals surface area (Å²) in [6.45, 7) is 3.52. The van der Waals surface area contributed by atoms with E-state index >= 15 is 0 Å². The van der Waals surface area contributed by atoms with Crippen LogP contribution >= 0.6 is 34.8 Å². The monoisotopic (exact) mass is 353 g/mol. The fourth-order valence-electron chi connectivity index (χ4n) is 1.37. The maximum atomic E-state index is 11.5. The molecule has 5 nitrogen and oxygen atoms in total. The number of nitrogens with one attached hydrogen (secondary N) is 1. The first-order valence-electron chi connectivity index (χ1n) is 6.07. The van der Waals surface area contributed by atoms with Crippen LogP contribution in [0.2, 0.25) is 5.02 Å². The number of amides is 1. The second-order valence-electron chi connectivity index (χ2n) is 3.95. The van der Waals surface area contributed by atoms with Crippen molar-refractivity contribution in [2.75, 3.05) is 11.9 Å². The van der Waals surface area contributed by atoms with Gasteiger partial charge < -0.3 is 14.8 Å². The molecule has 1 rings (SSSR count). The first-order valence-corrected chi connectivity index (χ1v) is 7.32. The van der Waals surface area contributed by atoms with Gasteiger partial charge >= 0.3 is 5.97 Å². The molecular formula is C13H14Cl3NO4. The maximum absolute atomic E-state index is 11.5. The van der Waals surface area contributed by atoms with Gasteiger partial charge in [-0.05, 0) is 32.0 Å². The predicted octanol–water partition coefficient (Wildman–Crippen LogP) is 3.41.